The topological polar surface area (TPSA) is 62.2 Å². The number of carbonyl (C=O) groups excluding carboxylic acids is 1. The standard InChI is InChI=1S/C22H25N5O/c1-5-20(18-7-6-12-23-14-18)27(4)22(28)17-10-8-16(9-11-17)19-13-21(26(2)3)25-15-24-19/h6-15,20H,5H2,1-4H3. The number of pyridine rings is 1. The summed E-state index contributed by atoms with van der Waals surface area (Å²) in [6.45, 7) is 2.07. The van der Waals surface area contributed by atoms with Gasteiger partial charge in [0.05, 0.1) is 11.7 Å². The molecular formula is C22H25N5O. The third-order valence-electron chi connectivity index (χ3n) is 4.78. The molecule has 0 aliphatic rings. The molecule has 1 atom stereocenters. The van der Waals surface area contributed by atoms with Gasteiger partial charge in [-0.3, -0.25) is 9.78 Å². The molecular weight excluding hydrogens is 350 g/mol. The Kier molecular flexibility index (Phi) is 5.99. The molecule has 2 aromatic heterocycles. The first-order valence-corrected chi connectivity index (χ1v) is 9.28. The first-order valence-electron chi connectivity index (χ1n) is 9.28. The van der Waals surface area contributed by atoms with Crippen LogP contribution < -0.4 is 4.90 Å². The molecule has 3 aromatic rings. The van der Waals surface area contributed by atoms with Gasteiger partial charge in [0.2, 0.25) is 0 Å². The maximum atomic E-state index is 13.0. The van der Waals surface area contributed by atoms with Gasteiger partial charge in [-0.15, -0.1) is 0 Å². The largest absolute Gasteiger partial charge is 0.363 e. The molecule has 28 heavy (non-hydrogen) atoms. The van der Waals surface area contributed by atoms with Crippen LogP contribution in [0.4, 0.5) is 5.82 Å². The predicted octanol–water partition coefficient (Wildman–Crippen LogP) is 3.83. The molecule has 1 amide bonds. The Hall–Kier alpha value is -3.28. The van der Waals surface area contributed by atoms with Crippen molar-refractivity contribution in [2.24, 2.45) is 0 Å². The van der Waals surface area contributed by atoms with Crippen LogP contribution in [-0.2, 0) is 0 Å². The highest BCUT2D eigenvalue weighted by Crippen LogP contribution is 2.25. The van der Waals surface area contributed by atoms with Gasteiger partial charge in [0.25, 0.3) is 5.91 Å². The van der Waals surface area contributed by atoms with E-state index < -0.39 is 0 Å². The van der Waals surface area contributed by atoms with Crippen molar-refractivity contribution >= 4 is 11.7 Å². The average Bonchev–Trinajstić information content (AvgIpc) is 2.74. The first-order chi connectivity index (χ1) is 13.5. The van der Waals surface area contributed by atoms with E-state index in [0.717, 1.165) is 29.1 Å². The van der Waals surface area contributed by atoms with Crippen molar-refractivity contribution in [2.75, 3.05) is 26.0 Å². The number of hydrogen-bond donors (Lipinski definition) is 0. The summed E-state index contributed by atoms with van der Waals surface area (Å²) in [5, 5.41) is 0. The number of benzene rings is 1. The van der Waals surface area contributed by atoms with Crippen molar-refractivity contribution in [3.05, 3.63) is 72.3 Å². The van der Waals surface area contributed by atoms with Crippen LogP contribution in [0.2, 0.25) is 0 Å². The molecule has 0 saturated carbocycles. The van der Waals surface area contributed by atoms with E-state index >= 15 is 0 Å². The van der Waals surface area contributed by atoms with Crippen LogP contribution in [0.1, 0.15) is 35.3 Å². The first kappa shape index (κ1) is 19.5. The van der Waals surface area contributed by atoms with E-state index in [9.17, 15) is 4.79 Å². The fourth-order valence-corrected chi connectivity index (χ4v) is 3.18. The van der Waals surface area contributed by atoms with E-state index in [1.54, 1.807) is 17.4 Å². The number of rotatable bonds is 6. The zero-order valence-corrected chi connectivity index (χ0v) is 16.7. The minimum atomic E-state index is -0.0149. The lowest BCUT2D eigenvalue weighted by Gasteiger charge is -2.27. The Morgan fingerprint density at radius 2 is 1.82 bits per heavy atom. The summed E-state index contributed by atoms with van der Waals surface area (Å²) >= 11 is 0. The van der Waals surface area contributed by atoms with Crippen molar-refractivity contribution in [1.82, 2.24) is 19.9 Å². The Labute approximate surface area is 165 Å². The smallest absolute Gasteiger partial charge is 0.254 e. The van der Waals surface area contributed by atoms with Gasteiger partial charge in [0.1, 0.15) is 12.1 Å². The lowest BCUT2D eigenvalue weighted by Crippen LogP contribution is -2.31. The molecule has 0 fully saturated rings. The maximum Gasteiger partial charge on any atom is 0.254 e. The SMILES string of the molecule is CCC(c1cccnc1)N(C)C(=O)c1ccc(-c2cc(N(C)C)ncn2)cc1. The maximum absolute atomic E-state index is 13.0. The van der Waals surface area contributed by atoms with Crippen molar-refractivity contribution in [3.8, 4) is 11.3 Å². The summed E-state index contributed by atoms with van der Waals surface area (Å²) in [6, 6.07) is 13.4. The van der Waals surface area contributed by atoms with Gasteiger partial charge in [0, 0.05) is 50.7 Å². The fourth-order valence-electron chi connectivity index (χ4n) is 3.18. The van der Waals surface area contributed by atoms with E-state index in [0.29, 0.717) is 5.56 Å². The molecule has 1 aromatic carbocycles. The van der Waals surface area contributed by atoms with Crippen LogP contribution in [0.15, 0.2) is 61.2 Å². The van der Waals surface area contributed by atoms with Crippen molar-refractivity contribution in [1.29, 1.82) is 0 Å². The molecule has 144 valence electrons. The Morgan fingerprint density at radius 1 is 1.07 bits per heavy atom. The second kappa shape index (κ2) is 8.61. The second-order valence-electron chi connectivity index (χ2n) is 6.86. The monoisotopic (exact) mass is 375 g/mol. The molecule has 1 unspecified atom stereocenters. The minimum Gasteiger partial charge on any atom is -0.363 e. The number of anilines is 1. The third kappa shape index (κ3) is 4.17. The third-order valence-corrected chi connectivity index (χ3v) is 4.78. The van der Waals surface area contributed by atoms with Gasteiger partial charge in [-0.1, -0.05) is 25.1 Å². The van der Waals surface area contributed by atoms with Crippen LogP contribution in [0, 0.1) is 0 Å². The highest BCUT2D eigenvalue weighted by molar-refractivity contribution is 5.94. The molecule has 0 radical (unpaired) electrons. The Bertz CT molecular complexity index is 925. The van der Waals surface area contributed by atoms with E-state index in [1.807, 2.05) is 74.7 Å². The number of carbonyl (C=O) groups is 1. The average molecular weight is 375 g/mol. The molecule has 0 aliphatic carbocycles. The summed E-state index contributed by atoms with van der Waals surface area (Å²) in [5.41, 5.74) is 3.46. The molecule has 2 heterocycles. The Morgan fingerprint density at radius 3 is 2.43 bits per heavy atom. The van der Waals surface area contributed by atoms with Crippen molar-refractivity contribution < 1.29 is 4.79 Å². The van der Waals surface area contributed by atoms with Gasteiger partial charge in [-0.05, 0) is 30.2 Å². The number of nitrogens with zero attached hydrogens (tertiary/aromatic N) is 5. The summed E-state index contributed by atoms with van der Waals surface area (Å²) in [6.07, 6.45) is 5.93. The van der Waals surface area contributed by atoms with Crippen molar-refractivity contribution in [3.63, 3.8) is 0 Å². The van der Waals surface area contributed by atoms with Crippen LogP contribution in [0.3, 0.4) is 0 Å². The Balaban J connectivity index is 1.81. The second-order valence-corrected chi connectivity index (χ2v) is 6.86. The summed E-state index contributed by atoms with van der Waals surface area (Å²) in [5.74, 6) is 0.825. The molecule has 0 spiro atoms. The summed E-state index contributed by atoms with van der Waals surface area (Å²) in [7, 11) is 5.72. The van der Waals surface area contributed by atoms with Gasteiger partial charge in [-0.25, -0.2) is 9.97 Å². The quantitative estimate of drug-likeness (QED) is 0.655. The van der Waals surface area contributed by atoms with Crippen LogP contribution in [0.25, 0.3) is 11.3 Å². The number of amides is 1. The van der Waals surface area contributed by atoms with Gasteiger partial charge >= 0.3 is 0 Å². The lowest BCUT2D eigenvalue weighted by atomic mass is 10.0. The molecule has 0 aliphatic heterocycles. The van der Waals surface area contributed by atoms with Gasteiger partial charge < -0.3 is 9.80 Å². The zero-order valence-electron chi connectivity index (χ0n) is 16.7. The van der Waals surface area contributed by atoms with Crippen LogP contribution in [-0.4, -0.2) is 46.9 Å². The van der Waals surface area contributed by atoms with Crippen molar-refractivity contribution in [2.45, 2.75) is 19.4 Å². The van der Waals surface area contributed by atoms with Gasteiger partial charge in [-0.2, -0.15) is 0 Å². The number of hydrogen-bond acceptors (Lipinski definition) is 5. The molecule has 3 rings (SSSR count). The highest BCUT2D eigenvalue weighted by atomic mass is 16.2. The van der Waals surface area contributed by atoms with Crippen LogP contribution in [0.5, 0.6) is 0 Å². The van der Waals surface area contributed by atoms with E-state index in [4.69, 9.17) is 0 Å². The van der Waals surface area contributed by atoms with E-state index in [1.165, 1.54) is 0 Å². The zero-order chi connectivity index (χ0) is 20.1. The highest BCUT2D eigenvalue weighted by Gasteiger charge is 2.21. The van der Waals surface area contributed by atoms with E-state index in [-0.39, 0.29) is 11.9 Å². The molecule has 6 nitrogen and oxygen atoms in total. The van der Waals surface area contributed by atoms with Gasteiger partial charge in [0.15, 0.2) is 0 Å². The molecule has 0 saturated heterocycles. The minimum absolute atomic E-state index is 0.00890. The fraction of sp³-hybridized carbons (Fsp3) is 0.273. The molecule has 0 bridgehead atoms. The lowest BCUT2D eigenvalue weighted by molar-refractivity contribution is 0.0726. The number of aromatic nitrogens is 3. The summed E-state index contributed by atoms with van der Waals surface area (Å²) < 4.78 is 0. The normalized spacial score (nSPS) is 11.7. The summed E-state index contributed by atoms with van der Waals surface area (Å²) in [4.78, 5) is 29.5. The molecule has 6 heteroatoms. The van der Waals surface area contributed by atoms with E-state index in [2.05, 4.69) is 21.9 Å². The predicted molar refractivity (Wildman–Crippen MR) is 111 cm³/mol. The van der Waals surface area contributed by atoms with Crippen LogP contribution >= 0.6 is 0 Å². The molecule has 0 N–H and O–H groups in total.